The minimum atomic E-state index is -4.52. The van der Waals surface area contributed by atoms with E-state index in [0.29, 0.717) is 0 Å². The van der Waals surface area contributed by atoms with Gasteiger partial charge >= 0.3 is 6.18 Å². The van der Waals surface area contributed by atoms with Crippen molar-refractivity contribution in [2.75, 3.05) is 6.61 Å². The van der Waals surface area contributed by atoms with E-state index in [1.54, 1.807) is 19.3 Å². The van der Waals surface area contributed by atoms with E-state index < -0.39 is 30.6 Å². The molecule has 0 aliphatic rings. The van der Waals surface area contributed by atoms with E-state index in [-0.39, 0.29) is 5.92 Å². The van der Waals surface area contributed by atoms with E-state index in [2.05, 4.69) is 10.2 Å². The van der Waals surface area contributed by atoms with Crippen molar-refractivity contribution in [3.8, 4) is 0 Å². The number of amides is 2. The molecular formula is C9H15F3N2O3. The fourth-order valence-corrected chi connectivity index (χ4v) is 1.01. The number of halogens is 3. The van der Waals surface area contributed by atoms with E-state index in [9.17, 15) is 22.8 Å². The molecule has 0 saturated carbocycles. The number of hydrogen-bond acceptors (Lipinski definition) is 3. The lowest BCUT2D eigenvalue weighted by molar-refractivity contribution is -0.192. The van der Waals surface area contributed by atoms with Crippen molar-refractivity contribution in [3.05, 3.63) is 0 Å². The maximum absolute atomic E-state index is 11.7. The van der Waals surface area contributed by atoms with Gasteiger partial charge in [0.15, 0.2) is 6.61 Å². The van der Waals surface area contributed by atoms with E-state index in [4.69, 9.17) is 0 Å². The second-order valence-electron chi connectivity index (χ2n) is 3.79. The number of carbonyl (C=O) groups excluding carboxylic acids is 2. The molecule has 0 spiro atoms. The van der Waals surface area contributed by atoms with Gasteiger partial charge in [0.25, 0.3) is 5.91 Å². The van der Waals surface area contributed by atoms with Crippen LogP contribution in [0, 0.1) is 5.92 Å². The highest BCUT2D eigenvalue weighted by molar-refractivity contribution is 5.86. The summed E-state index contributed by atoms with van der Waals surface area (Å²) in [5, 5.41) is 2.31. The molecule has 0 aromatic carbocycles. The molecule has 0 rings (SSSR count). The first-order valence-electron chi connectivity index (χ1n) is 4.89. The molecule has 0 bridgehead atoms. The summed E-state index contributed by atoms with van der Waals surface area (Å²) in [6.45, 7) is 2.91. The fourth-order valence-electron chi connectivity index (χ4n) is 1.01. The van der Waals surface area contributed by atoms with Gasteiger partial charge in [-0.3, -0.25) is 14.4 Å². The first-order valence-corrected chi connectivity index (χ1v) is 4.89. The van der Waals surface area contributed by atoms with Crippen molar-refractivity contribution in [3.63, 3.8) is 0 Å². The molecule has 0 saturated heterocycles. The van der Waals surface area contributed by atoms with Gasteiger partial charge in [0.05, 0.1) is 0 Å². The van der Waals surface area contributed by atoms with Crippen molar-refractivity contribution in [1.82, 2.24) is 10.8 Å². The molecule has 0 aliphatic carbocycles. The zero-order valence-electron chi connectivity index (χ0n) is 9.72. The lowest BCUT2D eigenvalue weighted by atomic mass is 10.0. The van der Waals surface area contributed by atoms with Gasteiger partial charge in [-0.2, -0.15) is 13.2 Å². The summed E-state index contributed by atoms with van der Waals surface area (Å²) in [4.78, 5) is 26.2. The summed E-state index contributed by atoms with van der Waals surface area (Å²) < 4.78 is 35.2. The number of rotatable bonds is 5. The van der Waals surface area contributed by atoms with Crippen LogP contribution in [-0.2, 0) is 14.4 Å². The largest absolute Gasteiger partial charge is 0.414 e. The molecule has 5 nitrogen and oxygen atoms in total. The van der Waals surface area contributed by atoms with Crippen LogP contribution in [0.15, 0.2) is 0 Å². The van der Waals surface area contributed by atoms with Crippen molar-refractivity contribution >= 4 is 11.8 Å². The Bertz CT molecular complexity index is 279. The number of nitrogens with one attached hydrogen (secondary N) is 2. The van der Waals surface area contributed by atoms with Gasteiger partial charge in [-0.15, -0.1) is 0 Å². The number of alkyl halides is 3. The van der Waals surface area contributed by atoms with Gasteiger partial charge in [-0.1, -0.05) is 13.8 Å². The monoisotopic (exact) mass is 256 g/mol. The first-order chi connectivity index (χ1) is 7.63. The quantitative estimate of drug-likeness (QED) is 0.713. The SMILES string of the molecule is CC(=O)NC(C(=O)NOCC(F)(F)F)C(C)C. The molecule has 0 aromatic heterocycles. The molecule has 0 fully saturated rings. The van der Waals surface area contributed by atoms with Crippen molar-refractivity contribution in [1.29, 1.82) is 0 Å². The lowest BCUT2D eigenvalue weighted by Gasteiger charge is -2.20. The summed E-state index contributed by atoms with van der Waals surface area (Å²) >= 11 is 0. The van der Waals surface area contributed by atoms with Crippen LogP contribution in [0.4, 0.5) is 13.2 Å². The first kappa shape index (κ1) is 15.7. The van der Waals surface area contributed by atoms with Crippen LogP contribution in [-0.4, -0.2) is 30.6 Å². The summed E-state index contributed by atoms with van der Waals surface area (Å²) in [5.74, 6) is -1.54. The highest BCUT2D eigenvalue weighted by atomic mass is 19.4. The topological polar surface area (TPSA) is 67.4 Å². The normalized spacial score (nSPS) is 13.4. The molecule has 1 atom stereocenters. The molecule has 100 valence electrons. The van der Waals surface area contributed by atoms with Crippen LogP contribution in [0.3, 0.4) is 0 Å². The van der Waals surface area contributed by atoms with Crippen LogP contribution >= 0.6 is 0 Å². The van der Waals surface area contributed by atoms with Crippen molar-refractivity contribution < 1.29 is 27.6 Å². The van der Waals surface area contributed by atoms with Gasteiger partial charge in [-0.05, 0) is 5.92 Å². The zero-order chi connectivity index (χ0) is 13.6. The van der Waals surface area contributed by atoms with E-state index in [1.165, 1.54) is 6.92 Å². The second-order valence-corrected chi connectivity index (χ2v) is 3.79. The smallest absolute Gasteiger partial charge is 0.344 e. The van der Waals surface area contributed by atoms with Crippen LogP contribution < -0.4 is 10.8 Å². The molecule has 0 aromatic rings. The Labute approximate surface area is 96.6 Å². The molecule has 0 heterocycles. The molecule has 2 amide bonds. The van der Waals surface area contributed by atoms with Gasteiger partial charge in [0.2, 0.25) is 5.91 Å². The fraction of sp³-hybridized carbons (Fsp3) is 0.778. The van der Waals surface area contributed by atoms with Crippen molar-refractivity contribution in [2.45, 2.75) is 33.0 Å². The molecule has 0 radical (unpaired) electrons. The maximum atomic E-state index is 11.7. The zero-order valence-corrected chi connectivity index (χ0v) is 9.72. The standard InChI is InChI=1S/C9H15F3N2O3/c1-5(2)7(13-6(3)15)8(16)14-17-4-9(10,11)12/h5,7H,4H2,1-3H3,(H,13,15)(H,14,16). The Morgan fingerprint density at radius 2 is 1.82 bits per heavy atom. The number of hydroxylamine groups is 1. The number of hydrogen-bond donors (Lipinski definition) is 2. The average Bonchev–Trinajstić information content (AvgIpc) is 2.11. The lowest BCUT2D eigenvalue weighted by Crippen LogP contribution is -2.49. The van der Waals surface area contributed by atoms with Gasteiger partial charge in [0, 0.05) is 6.92 Å². The third-order valence-electron chi connectivity index (χ3n) is 1.72. The van der Waals surface area contributed by atoms with Crippen LogP contribution in [0.2, 0.25) is 0 Å². The highest BCUT2D eigenvalue weighted by Gasteiger charge is 2.29. The Morgan fingerprint density at radius 1 is 1.29 bits per heavy atom. The molecule has 17 heavy (non-hydrogen) atoms. The maximum Gasteiger partial charge on any atom is 0.414 e. The minimum absolute atomic E-state index is 0.270. The van der Waals surface area contributed by atoms with Gasteiger partial charge in [0.1, 0.15) is 6.04 Å². The molecular weight excluding hydrogens is 241 g/mol. The van der Waals surface area contributed by atoms with Crippen LogP contribution in [0.5, 0.6) is 0 Å². The predicted octanol–water partition coefficient (Wildman–Crippen LogP) is 0.757. The molecule has 8 heteroatoms. The summed E-state index contributed by atoms with van der Waals surface area (Å²) in [7, 11) is 0. The Kier molecular flexibility index (Phi) is 5.94. The molecule has 1 unspecified atom stereocenters. The summed E-state index contributed by atoms with van der Waals surface area (Å²) in [6.07, 6.45) is -4.52. The summed E-state index contributed by atoms with van der Waals surface area (Å²) in [6, 6.07) is -0.930. The van der Waals surface area contributed by atoms with E-state index >= 15 is 0 Å². The summed E-state index contributed by atoms with van der Waals surface area (Å²) in [5.41, 5.74) is 1.65. The van der Waals surface area contributed by atoms with E-state index in [1.807, 2.05) is 0 Å². The predicted molar refractivity (Wildman–Crippen MR) is 52.6 cm³/mol. The highest BCUT2D eigenvalue weighted by Crippen LogP contribution is 2.13. The minimum Gasteiger partial charge on any atom is -0.344 e. The van der Waals surface area contributed by atoms with Gasteiger partial charge < -0.3 is 5.32 Å². The third kappa shape index (κ3) is 7.56. The van der Waals surface area contributed by atoms with Crippen LogP contribution in [0.25, 0.3) is 0 Å². The molecule has 0 aliphatic heterocycles. The third-order valence-corrected chi connectivity index (χ3v) is 1.72. The average molecular weight is 256 g/mol. The Morgan fingerprint density at radius 3 is 2.18 bits per heavy atom. The number of carbonyl (C=O) groups is 2. The second kappa shape index (κ2) is 6.43. The Balaban J connectivity index is 4.20. The van der Waals surface area contributed by atoms with Crippen LogP contribution in [0.1, 0.15) is 20.8 Å². The Hall–Kier alpha value is -1.31. The van der Waals surface area contributed by atoms with E-state index in [0.717, 1.165) is 0 Å². The molecule has 2 N–H and O–H groups in total. The van der Waals surface area contributed by atoms with Crippen molar-refractivity contribution in [2.24, 2.45) is 5.92 Å². The van der Waals surface area contributed by atoms with Gasteiger partial charge in [-0.25, -0.2) is 5.48 Å².